The number of rotatable bonds is 7. The smallest absolute Gasteiger partial charge is 0.195 e. The van der Waals surface area contributed by atoms with Gasteiger partial charge in [-0.25, -0.2) is 0 Å². The molecule has 1 aromatic rings. The zero-order chi connectivity index (χ0) is 17.4. The molecule has 2 heterocycles. The molecule has 0 saturated carbocycles. The van der Waals surface area contributed by atoms with Gasteiger partial charge in [-0.3, -0.25) is 4.90 Å². The van der Waals surface area contributed by atoms with E-state index in [1.54, 1.807) is 7.05 Å². The predicted octanol–water partition coefficient (Wildman–Crippen LogP) is 2.61. The van der Waals surface area contributed by atoms with Crippen molar-refractivity contribution < 1.29 is 4.42 Å². The van der Waals surface area contributed by atoms with Crippen molar-refractivity contribution in [2.45, 2.75) is 32.2 Å². The summed E-state index contributed by atoms with van der Waals surface area (Å²) >= 11 is 0. The first kappa shape index (κ1) is 17.9. The van der Waals surface area contributed by atoms with Crippen LogP contribution in [0.25, 0.3) is 0 Å². The van der Waals surface area contributed by atoms with Crippen molar-refractivity contribution in [3.63, 3.8) is 0 Å². The lowest BCUT2D eigenvalue weighted by molar-refractivity contribution is 0.205. The fourth-order valence-corrected chi connectivity index (χ4v) is 2.92. The van der Waals surface area contributed by atoms with Gasteiger partial charge in [0.05, 0.1) is 6.54 Å². The summed E-state index contributed by atoms with van der Waals surface area (Å²) in [5, 5.41) is 20.9. The van der Waals surface area contributed by atoms with Crippen LogP contribution in [-0.2, 0) is 6.54 Å². The standard InChI is InChI=1S/C18H25N5O/c1-21-17(15(12-19)13-20)8-11-22(2)18-7-6-16(24-18)14-23-9-4-3-5-10-23/h6-7,21H,3-5,8-11,14H2,1-2H3. The summed E-state index contributed by atoms with van der Waals surface area (Å²) in [6.45, 7) is 3.82. The normalized spacial score (nSPS) is 14.5. The van der Waals surface area contributed by atoms with E-state index >= 15 is 0 Å². The molecule has 0 radical (unpaired) electrons. The van der Waals surface area contributed by atoms with Gasteiger partial charge in [0.1, 0.15) is 23.5 Å². The van der Waals surface area contributed by atoms with Crippen LogP contribution in [0.3, 0.4) is 0 Å². The van der Waals surface area contributed by atoms with E-state index in [0.29, 0.717) is 18.7 Å². The van der Waals surface area contributed by atoms with Gasteiger partial charge >= 0.3 is 0 Å². The minimum atomic E-state index is 0.135. The number of allylic oxidation sites excluding steroid dienone is 1. The van der Waals surface area contributed by atoms with Crippen molar-refractivity contribution in [3.05, 3.63) is 29.2 Å². The van der Waals surface area contributed by atoms with E-state index in [4.69, 9.17) is 14.9 Å². The lowest BCUT2D eigenvalue weighted by atomic mass is 10.1. The lowest BCUT2D eigenvalue weighted by Crippen LogP contribution is -2.28. The van der Waals surface area contributed by atoms with Crippen LogP contribution in [0.15, 0.2) is 27.8 Å². The molecule has 0 aliphatic carbocycles. The number of nitrogens with zero attached hydrogens (tertiary/aromatic N) is 4. The predicted molar refractivity (Wildman–Crippen MR) is 93.0 cm³/mol. The van der Waals surface area contributed by atoms with Crippen molar-refractivity contribution in [1.29, 1.82) is 10.5 Å². The molecular formula is C18H25N5O. The van der Waals surface area contributed by atoms with Crippen molar-refractivity contribution in [2.24, 2.45) is 0 Å². The molecule has 0 amide bonds. The van der Waals surface area contributed by atoms with Crippen LogP contribution in [0.5, 0.6) is 0 Å². The van der Waals surface area contributed by atoms with E-state index < -0.39 is 0 Å². The van der Waals surface area contributed by atoms with E-state index in [1.165, 1.54) is 19.3 Å². The average molecular weight is 327 g/mol. The molecule has 24 heavy (non-hydrogen) atoms. The number of nitrogens with one attached hydrogen (secondary N) is 1. The maximum Gasteiger partial charge on any atom is 0.195 e. The third-order valence-electron chi connectivity index (χ3n) is 4.38. The van der Waals surface area contributed by atoms with E-state index in [2.05, 4.69) is 10.2 Å². The van der Waals surface area contributed by atoms with Gasteiger partial charge in [0.2, 0.25) is 0 Å². The number of anilines is 1. The minimum absolute atomic E-state index is 0.135. The molecule has 128 valence electrons. The number of likely N-dealkylation sites (tertiary alicyclic amines) is 1. The molecule has 6 heteroatoms. The zero-order valence-electron chi connectivity index (χ0n) is 14.5. The molecule has 2 rings (SSSR count). The molecule has 1 aliphatic heterocycles. The highest BCUT2D eigenvalue weighted by atomic mass is 16.4. The SMILES string of the molecule is CNC(CCN(C)c1ccc(CN2CCCCC2)o1)=C(C#N)C#N. The van der Waals surface area contributed by atoms with Gasteiger partial charge in [0.15, 0.2) is 5.88 Å². The molecule has 0 aromatic carbocycles. The topological polar surface area (TPSA) is 79.2 Å². The Morgan fingerprint density at radius 2 is 1.96 bits per heavy atom. The summed E-state index contributed by atoms with van der Waals surface area (Å²) in [6, 6.07) is 7.87. The summed E-state index contributed by atoms with van der Waals surface area (Å²) in [7, 11) is 3.68. The maximum absolute atomic E-state index is 8.96. The van der Waals surface area contributed by atoms with Crippen LogP contribution in [0.2, 0.25) is 0 Å². The van der Waals surface area contributed by atoms with Crippen LogP contribution >= 0.6 is 0 Å². The Morgan fingerprint density at radius 1 is 1.25 bits per heavy atom. The summed E-state index contributed by atoms with van der Waals surface area (Å²) in [5.74, 6) is 1.80. The molecule has 1 aliphatic rings. The Kier molecular flexibility index (Phi) is 6.72. The van der Waals surface area contributed by atoms with Crippen LogP contribution in [0, 0.1) is 22.7 Å². The summed E-state index contributed by atoms with van der Waals surface area (Å²) in [4.78, 5) is 4.43. The van der Waals surface area contributed by atoms with Crippen LogP contribution in [0.1, 0.15) is 31.4 Å². The lowest BCUT2D eigenvalue weighted by Gasteiger charge is -2.25. The van der Waals surface area contributed by atoms with E-state index in [-0.39, 0.29) is 5.57 Å². The van der Waals surface area contributed by atoms with Crippen LogP contribution in [0.4, 0.5) is 5.88 Å². The molecule has 0 atom stereocenters. The summed E-state index contributed by atoms with van der Waals surface area (Å²) in [6.07, 6.45) is 4.46. The second-order valence-electron chi connectivity index (χ2n) is 6.08. The maximum atomic E-state index is 8.96. The average Bonchev–Trinajstić information content (AvgIpc) is 3.08. The molecule has 1 aromatic heterocycles. The van der Waals surface area contributed by atoms with E-state index in [9.17, 15) is 0 Å². The largest absolute Gasteiger partial charge is 0.444 e. The van der Waals surface area contributed by atoms with Gasteiger partial charge in [0, 0.05) is 38.8 Å². The monoisotopic (exact) mass is 327 g/mol. The summed E-state index contributed by atoms with van der Waals surface area (Å²) < 4.78 is 5.95. The number of hydrogen-bond acceptors (Lipinski definition) is 6. The fourth-order valence-electron chi connectivity index (χ4n) is 2.92. The van der Waals surface area contributed by atoms with Gasteiger partial charge in [0.25, 0.3) is 0 Å². The van der Waals surface area contributed by atoms with E-state index in [1.807, 2.05) is 36.2 Å². The Labute approximate surface area is 143 Å². The van der Waals surface area contributed by atoms with Gasteiger partial charge in [-0.1, -0.05) is 6.42 Å². The Balaban J connectivity index is 1.91. The Morgan fingerprint density at radius 3 is 2.58 bits per heavy atom. The third kappa shape index (κ3) is 4.78. The zero-order valence-corrected chi connectivity index (χ0v) is 14.5. The van der Waals surface area contributed by atoms with Gasteiger partial charge in [-0.2, -0.15) is 10.5 Å². The molecule has 0 unspecified atom stereocenters. The third-order valence-corrected chi connectivity index (χ3v) is 4.38. The van der Waals surface area contributed by atoms with Gasteiger partial charge in [-0.15, -0.1) is 0 Å². The second kappa shape index (κ2) is 9.00. The Hall–Kier alpha value is -2.44. The molecular weight excluding hydrogens is 302 g/mol. The van der Waals surface area contributed by atoms with Crippen molar-refractivity contribution in [1.82, 2.24) is 10.2 Å². The fraction of sp³-hybridized carbons (Fsp3) is 0.556. The highest BCUT2D eigenvalue weighted by molar-refractivity contribution is 5.40. The Bertz CT molecular complexity index is 627. The number of nitriles is 2. The molecule has 1 fully saturated rings. The molecule has 0 bridgehead atoms. The van der Waals surface area contributed by atoms with Crippen LogP contribution < -0.4 is 10.2 Å². The van der Waals surface area contributed by atoms with Gasteiger partial charge in [-0.05, 0) is 32.0 Å². The van der Waals surface area contributed by atoms with Crippen molar-refractivity contribution >= 4 is 5.88 Å². The first-order chi connectivity index (χ1) is 11.7. The van der Waals surface area contributed by atoms with E-state index in [0.717, 1.165) is 31.3 Å². The molecule has 1 N–H and O–H groups in total. The van der Waals surface area contributed by atoms with Crippen molar-refractivity contribution in [2.75, 3.05) is 38.6 Å². The second-order valence-corrected chi connectivity index (χ2v) is 6.08. The number of hydrogen-bond donors (Lipinski definition) is 1. The first-order valence-corrected chi connectivity index (χ1v) is 8.41. The highest BCUT2D eigenvalue weighted by Gasteiger charge is 2.14. The molecule has 0 spiro atoms. The number of piperidine rings is 1. The van der Waals surface area contributed by atoms with Crippen molar-refractivity contribution in [3.8, 4) is 12.1 Å². The van der Waals surface area contributed by atoms with Crippen LogP contribution in [-0.4, -0.2) is 38.6 Å². The van der Waals surface area contributed by atoms with Gasteiger partial charge < -0.3 is 14.6 Å². The quantitative estimate of drug-likeness (QED) is 0.776. The minimum Gasteiger partial charge on any atom is -0.444 e. The highest BCUT2D eigenvalue weighted by Crippen LogP contribution is 2.21. The molecule has 6 nitrogen and oxygen atoms in total. The molecule has 1 saturated heterocycles. The summed E-state index contributed by atoms with van der Waals surface area (Å²) in [5.41, 5.74) is 0.795. The number of furan rings is 1. The first-order valence-electron chi connectivity index (χ1n) is 8.41.